The molecule has 1 aromatic rings. The van der Waals surface area contributed by atoms with E-state index in [0.29, 0.717) is 24.7 Å². The van der Waals surface area contributed by atoms with Crippen molar-refractivity contribution in [2.24, 2.45) is 0 Å². The van der Waals surface area contributed by atoms with Gasteiger partial charge >= 0.3 is 5.97 Å². The van der Waals surface area contributed by atoms with Crippen LogP contribution in [-0.2, 0) is 0 Å². The average molecular weight is 306 g/mol. The molecule has 0 spiro atoms. The van der Waals surface area contributed by atoms with Gasteiger partial charge in [-0.05, 0) is 34.7 Å². The molecule has 0 aromatic heterocycles. The monoisotopic (exact) mass is 306 g/mol. The van der Waals surface area contributed by atoms with Crippen molar-refractivity contribution in [2.45, 2.75) is 0 Å². The lowest BCUT2D eigenvalue weighted by molar-refractivity contribution is 0.0695. The number of hydrogen-bond donors (Lipinski definition) is 1. The second kappa shape index (κ2) is 3.64. The number of aromatic carboxylic acids is 1. The van der Waals surface area contributed by atoms with E-state index in [0.717, 1.165) is 3.57 Å². The Balaban J connectivity index is 2.51. The van der Waals surface area contributed by atoms with Gasteiger partial charge in [0, 0.05) is 0 Å². The molecule has 74 valence electrons. The largest absolute Gasteiger partial charge is 0.486 e. The second-order valence-corrected chi connectivity index (χ2v) is 3.95. The Hall–Kier alpha value is -0.980. The normalized spacial score (nSPS) is 13.8. The molecule has 1 aliphatic heterocycles. The molecular weight excluding hydrogens is 299 g/mol. The molecule has 5 heteroatoms. The van der Waals surface area contributed by atoms with Crippen LogP contribution in [0.5, 0.6) is 11.5 Å². The summed E-state index contributed by atoms with van der Waals surface area (Å²) in [5.74, 6) is 0.197. The fourth-order valence-corrected chi connectivity index (χ4v) is 1.99. The van der Waals surface area contributed by atoms with E-state index in [1.54, 1.807) is 6.07 Å². The highest BCUT2D eigenvalue weighted by molar-refractivity contribution is 14.1. The third-order valence-corrected chi connectivity index (χ3v) is 2.65. The molecule has 0 radical (unpaired) electrons. The number of hydrogen-bond acceptors (Lipinski definition) is 3. The summed E-state index contributed by atoms with van der Waals surface area (Å²) in [4.78, 5) is 10.7. The molecule has 0 saturated carbocycles. The number of ether oxygens (including phenoxy) is 2. The highest BCUT2D eigenvalue weighted by atomic mass is 127. The number of carbonyl (C=O) groups is 1. The van der Waals surface area contributed by atoms with Gasteiger partial charge < -0.3 is 14.6 Å². The number of fused-ring (bicyclic) bond motifs is 1. The van der Waals surface area contributed by atoms with Crippen LogP contribution in [0.3, 0.4) is 0 Å². The molecular formula is C9H7IO4. The molecule has 1 heterocycles. The lowest BCUT2D eigenvalue weighted by atomic mass is 10.2. The molecule has 1 N–H and O–H groups in total. The molecule has 0 atom stereocenters. The summed E-state index contributed by atoms with van der Waals surface area (Å²) in [6, 6.07) is 3.05. The number of benzene rings is 1. The summed E-state index contributed by atoms with van der Waals surface area (Å²) >= 11 is 2.03. The second-order valence-electron chi connectivity index (χ2n) is 2.79. The van der Waals surface area contributed by atoms with E-state index < -0.39 is 5.97 Å². The highest BCUT2D eigenvalue weighted by Gasteiger charge is 2.18. The molecule has 1 aliphatic rings. The number of carboxylic acid groups (broad SMARTS) is 1. The molecule has 0 bridgehead atoms. The molecule has 14 heavy (non-hydrogen) atoms. The van der Waals surface area contributed by atoms with E-state index in [-0.39, 0.29) is 5.56 Å². The lowest BCUT2D eigenvalue weighted by Gasteiger charge is -2.19. The van der Waals surface area contributed by atoms with Gasteiger partial charge in [0.05, 0.1) is 9.13 Å². The van der Waals surface area contributed by atoms with Crippen LogP contribution in [0.1, 0.15) is 10.4 Å². The average Bonchev–Trinajstić information content (AvgIpc) is 2.17. The first-order valence-electron chi connectivity index (χ1n) is 4.01. The Morgan fingerprint density at radius 2 is 2.07 bits per heavy atom. The highest BCUT2D eigenvalue weighted by Crippen LogP contribution is 2.35. The van der Waals surface area contributed by atoms with Crippen LogP contribution in [0.15, 0.2) is 12.1 Å². The van der Waals surface area contributed by atoms with Crippen LogP contribution in [0.2, 0.25) is 0 Å². The van der Waals surface area contributed by atoms with E-state index >= 15 is 0 Å². The maximum absolute atomic E-state index is 10.7. The van der Waals surface area contributed by atoms with Crippen molar-refractivity contribution in [1.29, 1.82) is 0 Å². The van der Waals surface area contributed by atoms with Crippen molar-refractivity contribution in [3.63, 3.8) is 0 Å². The van der Waals surface area contributed by atoms with Crippen molar-refractivity contribution in [2.75, 3.05) is 13.2 Å². The van der Waals surface area contributed by atoms with Crippen LogP contribution in [0.25, 0.3) is 0 Å². The van der Waals surface area contributed by atoms with E-state index in [4.69, 9.17) is 14.6 Å². The summed E-state index contributed by atoms with van der Waals surface area (Å²) in [5, 5.41) is 8.81. The minimum Gasteiger partial charge on any atom is -0.486 e. The molecule has 0 saturated heterocycles. The first-order chi connectivity index (χ1) is 6.68. The minimum atomic E-state index is -0.958. The number of halogens is 1. The van der Waals surface area contributed by atoms with Gasteiger partial charge in [-0.3, -0.25) is 0 Å². The van der Waals surface area contributed by atoms with E-state index in [2.05, 4.69) is 0 Å². The molecule has 0 unspecified atom stereocenters. The standard InChI is InChI=1S/C9H7IO4/c10-6-3-5(9(11)12)4-7-8(6)14-2-1-13-7/h3-4H,1-2H2,(H,11,12). The number of rotatable bonds is 1. The van der Waals surface area contributed by atoms with Crippen molar-refractivity contribution >= 4 is 28.6 Å². The zero-order valence-corrected chi connectivity index (χ0v) is 9.28. The number of carboxylic acids is 1. The molecule has 0 fully saturated rings. The van der Waals surface area contributed by atoms with Gasteiger partial charge in [-0.15, -0.1) is 0 Å². The SMILES string of the molecule is O=C(O)c1cc(I)c2c(c1)OCCO2. The Bertz CT molecular complexity index is 389. The molecule has 4 nitrogen and oxygen atoms in total. The fourth-order valence-electron chi connectivity index (χ4n) is 1.23. The van der Waals surface area contributed by atoms with Crippen molar-refractivity contribution in [3.05, 3.63) is 21.3 Å². The van der Waals surface area contributed by atoms with Gasteiger partial charge in [0.1, 0.15) is 13.2 Å². The molecule has 0 amide bonds. The zero-order chi connectivity index (χ0) is 10.1. The Kier molecular flexibility index (Phi) is 2.49. The summed E-state index contributed by atoms with van der Waals surface area (Å²) in [6.07, 6.45) is 0. The van der Waals surface area contributed by atoms with Gasteiger partial charge in [0.2, 0.25) is 0 Å². The van der Waals surface area contributed by atoms with Gasteiger partial charge in [-0.25, -0.2) is 4.79 Å². The van der Waals surface area contributed by atoms with E-state index in [1.807, 2.05) is 22.6 Å². The quantitative estimate of drug-likeness (QED) is 0.803. The topological polar surface area (TPSA) is 55.8 Å². The van der Waals surface area contributed by atoms with E-state index in [1.165, 1.54) is 6.07 Å². The third-order valence-electron chi connectivity index (χ3n) is 1.84. The van der Waals surface area contributed by atoms with Gasteiger partial charge in [0.15, 0.2) is 11.5 Å². The van der Waals surface area contributed by atoms with Crippen LogP contribution in [-0.4, -0.2) is 24.3 Å². The van der Waals surface area contributed by atoms with Crippen molar-refractivity contribution in [1.82, 2.24) is 0 Å². The Morgan fingerprint density at radius 1 is 1.36 bits per heavy atom. The van der Waals surface area contributed by atoms with Crippen LogP contribution in [0.4, 0.5) is 0 Å². The first-order valence-corrected chi connectivity index (χ1v) is 5.09. The summed E-state index contributed by atoms with van der Waals surface area (Å²) in [7, 11) is 0. The maximum Gasteiger partial charge on any atom is 0.335 e. The Morgan fingerprint density at radius 3 is 2.79 bits per heavy atom. The maximum atomic E-state index is 10.7. The smallest absolute Gasteiger partial charge is 0.335 e. The van der Waals surface area contributed by atoms with Crippen LogP contribution >= 0.6 is 22.6 Å². The molecule has 1 aromatic carbocycles. The Labute approximate surface area is 94.0 Å². The van der Waals surface area contributed by atoms with E-state index in [9.17, 15) is 4.79 Å². The van der Waals surface area contributed by atoms with Crippen molar-refractivity contribution < 1.29 is 19.4 Å². The third kappa shape index (κ3) is 1.63. The summed E-state index contributed by atoms with van der Waals surface area (Å²) in [5.41, 5.74) is 0.221. The van der Waals surface area contributed by atoms with Gasteiger partial charge in [0.25, 0.3) is 0 Å². The predicted octanol–water partition coefficient (Wildman–Crippen LogP) is 1.76. The summed E-state index contributed by atoms with van der Waals surface area (Å²) < 4.78 is 11.4. The molecule has 0 aliphatic carbocycles. The first kappa shape index (κ1) is 9.57. The lowest BCUT2D eigenvalue weighted by Crippen LogP contribution is -2.16. The van der Waals surface area contributed by atoms with Crippen LogP contribution in [0, 0.1) is 3.57 Å². The predicted molar refractivity (Wildman–Crippen MR) is 57.1 cm³/mol. The zero-order valence-electron chi connectivity index (χ0n) is 7.12. The van der Waals surface area contributed by atoms with Crippen LogP contribution < -0.4 is 9.47 Å². The fraction of sp³-hybridized carbons (Fsp3) is 0.222. The molecule has 2 rings (SSSR count). The van der Waals surface area contributed by atoms with Gasteiger partial charge in [-0.2, -0.15) is 0 Å². The van der Waals surface area contributed by atoms with Crippen molar-refractivity contribution in [3.8, 4) is 11.5 Å². The summed E-state index contributed by atoms with van der Waals surface area (Å²) in [6.45, 7) is 0.974. The minimum absolute atomic E-state index is 0.221. The van der Waals surface area contributed by atoms with Gasteiger partial charge in [-0.1, -0.05) is 0 Å².